The Hall–Kier alpha value is -1.29. The van der Waals surface area contributed by atoms with Gasteiger partial charge in [0.1, 0.15) is 0 Å². The molecule has 1 amide bonds. The molecule has 4 heteroatoms. The smallest absolute Gasteiger partial charge is 0.223 e. The number of carbonyl (C=O) groups is 1. The van der Waals surface area contributed by atoms with E-state index in [1.54, 1.807) is 0 Å². The first-order valence-corrected chi connectivity index (χ1v) is 9.20. The zero-order valence-corrected chi connectivity index (χ0v) is 14.7. The van der Waals surface area contributed by atoms with E-state index < -0.39 is 0 Å². The largest absolute Gasteiger partial charge is 0.374 e. The number of hydrogen-bond acceptors (Lipinski definition) is 3. The number of allylic oxidation sites excluding steroid dienone is 3. The van der Waals surface area contributed by atoms with Crippen LogP contribution in [-0.2, 0) is 4.79 Å². The molecule has 1 atom stereocenters. The highest BCUT2D eigenvalue weighted by Crippen LogP contribution is 2.31. The van der Waals surface area contributed by atoms with Gasteiger partial charge >= 0.3 is 0 Å². The molecule has 1 unspecified atom stereocenters. The van der Waals surface area contributed by atoms with Gasteiger partial charge in [0, 0.05) is 38.3 Å². The van der Waals surface area contributed by atoms with Crippen LogP contribution in [0.3, 0.4) is 0 Å². The van der Waals surface area contributed by atoms with Gasteiger partial charge in [0.25, 0.3) is 0 Å². The van der Waals surface area contributed by atoms with Gasteiger partial charge in [-0.3, -0.25) is 4.79 Å². The van der Waals surface area contributed by atoms with E-state index >= 15 is 0 Å². The average Bonchev–Trinajstić information content (AvgIpc) is 3.04. The number of likely N-dealkylation sites (N-methyl/N-ethyl adjacent to an activating group) is 1. The van der Waals surface area contributed by atoms with Crippen molar-refractivity contribution in [3.8, 4) is 0 Å². The molecule has 3 rings (SSSR count). The van der Waals surface area contributed by atoms with Crippen LogP contribution in [0.2, 0.25) is 0 Å². The highest BCUT2D eigenvalue weighted by molar-refractivity contribution is 5.77. The SMILES string of the molecule is CN1CCC(C2CCCN2C(=O)CCC2=CC=CCN2C)CC1. The van der Waals surface area contributed by atoms with Gasteiger partial charge in [-0.25, -0.2) is 0 Å². The predicted octanol–water partition coefficient (Wildman–Crippen LogP) is 2.48. The zero-order chi connectivity index (χ0) is 16.2. The van der Waals surface area contributed by atoms with Crippen LogP contribution in [0.5, 0.6) is 0 Å². The Balaban J connectivity index is 1.53. The van der Waals surface area contributed by atoms with Crippen LogP contribution in [0, 0.1) is 5.92 Å². The van der Waals surface area contributed by atoms with Crippen LogP contribution in [0.4, 0.5) is 0 Å². The van der Waals surface area contributed by atoms with Crippen molar-refractivity contribution in [1.29, 1.82) is 0 Å². The van der Waals surface area contributed by atoms with Crippen LogP contribution >= 0.6 is 0 Å². The van der Waals surface area contributed by atoms with Crippen LogP contribution < -0.4 is 0 Å². The number of nitrogens with zero attached hydrogens (tertiary/aromatic N) is 3. The highest BCUT2D eigenvalue weighted by Gasteiger charge is 2.35. The van der Waals surface area contributed by atoms with Crippen molar-refractivity contribution in [2.75, 3.05) is 40.3 Å². The number of hydrogen-bond donors (Lipinski definition) is 0. The van der Waals surface area contributed by atoms with Crippen molar-refractivity contribution in [2.24, 2.45) is 5.92 Å². The summed E-state index contributed by atoms with van der Waals surface area (Å²) in [7, 11) is 4.31. The molecule has 3 aliphatic rings. The van der Waals surface area contributed by atoms with Crippen molar-refractivity contribution in [2.45, 2.75) is 44.6 Å². The summed E-state index contributed by atoms with van der Waals surface area (Å²) in [6.07, 6.45) is 12.9. The first-order valence-electron chi connectivity index (χ1n) is 9.20. The van der Waals surface area contributed by atoms with Crippen molar-refractivity contribution in [3.05, 3.63) is 23.9 Å². The Bertz CT molecular complexity index is 477. The standard InChI is InChI=1S/C19H31N3O/c1-20-14-10-16(11-15-20)18-7-5-13-22(18)19(23)9-8-17-6-3-4-12-21(17)2/h3-4,6,16,18H,5,7-15H2,1-2H3. The molecular weight excluding hydrogens is 286 g/mol. The summed E-state index contributed by atoms with van der Waals surface area (Å²) in [6, 6.07) is 0.508. The lowest BCUT2D eigenvalue weighted by Gasteiger charge is -2.37. The Morgan fingerprint density at radius 2 is 1.96 bits per heavy atom. The molecular formula is C19H31N3O. The van der Waals surface area contributed by atoms with Gasteiger partial charge in [0.2, 0.25) is 5.91 Å². The topological polar surface area (TPSA) is 26.8 Å². The molecule has 4 nitrogen and oxygen atoms in total. The zero-order valence-electron chi connectivity index (χ0n) is 14.7. The minimum Gasteiger partial charge on any atom is -0.374 e. The van der Waals surface area contributed by atoms with Crippen LogP contribution in [0.15, 0.2) is 23.9 Å². The second-order valence-electron chi connectivity index (χ2n) is 7.40. The third kappa shape index (κ3) is 3.97. The predicted molar refractivity (Wildman–Crippen MR) is 94.0 cm³/mol. The summed E-state index contributed by atoms with van der Waals surface area (Å²) < 4.78 is 0. The Morgan fingerprint density at radius 1 is 1.17 bits per heavy atom. The van der Waals surface area contributed by atoms with E-state index in [9.17, 15) is 4.79 Å². The van der Waals surface area contributed by atoms with Crippen LogP contribution in [0.1, 0.15) is 38.5 Å². The van der Waals surface area contributed by atoms with Crippen LogP contribution in [-0.4, -0.2) is 66.9 Å². The maximum atomic E-state index is 12.8. The molecule has 0 aromatic rings. The fourth-order valence-corrected chi connectivity index (χ4v) is 4.30. The van der Waals surface area contributed by atoms with E-state index in [0.29, 0.717) is 18.4 Å². The lowest BCUT2D eigenvalue weighted by molar-refractivity contribution is -0.133. The molecule has 0 aromatic heterocycles. The molecule has 0 saturated carbocycles. The highest BCUT2D eigenvalue weighted by atomic mass is 16.2. The van der Waals surface area contributed by atoms with E-state index in [2.05, 4.69) is 47.0 Å². The molecule has 128 valence electrons. The summed E-state index contributed by atoms with van der Waals surface area (Å²) in [5.74, 6) is 1.09. The van der Waals surface area contributed by atoms with Crippen LogP contribution in [0.25, 0.3) is 0 Å². The maximum Gasteiger partial charge on any atom is 0.223 e. The van der Waals surface area contributed by atoms with Crippen molar-refractivity contribution < 1.29 is 4.79 Å². The third-order valence-corrected chi connectivity index (χ3v) is 5.82. The monoisotopic (exact) mass is 317 g/mol. The van der Waals surface area contributed by atoms with Gasteiger partial charge in [-0.05, 0) is 64.2 Å². The molecule has 0 N–H and O–H groups in total. The third-order valence-electron chi connectivity index (χ3n) is 5.82. The Labute approximate surface area is 140 Å². The molecule has 0 radical (unpaired) electrons. The van der Waals surface area contributed by atoms with E-state index in [0.717, 1.165) is 25.4 Å². The molecule has 0 spiro atoms. The molecule has 2 fully saturated rings. The van der Waals surface area contributed by atoms with Gasteiger partial charge in [-0.2, -0.15) is 0 Å². The first-order chi connectivity index (χ1) is 11.1. The molecule has 0 bridgehead atoms. The fraction of sp³-hybridized carbons (Fsp3) is 0.737. The molecule has 0 aromatic carbocycles. The van der Waals surface area contributed by atoms with Gasteiger partial charge in [0.05, 0.1) is 0 Å². The summed E-state index contributed by atoms with van der Waals surface area (Å²) in [6.45, 7) is 4.31. The van der Waals surface area contributed by atoms with E-state index in [-0.39, 0.29) is 0 Å². The molecule has 2 saturated heterocycles. The second kappa shape index (κ2) is 7.52. The lowest BCUT2D eigenvalue weighted by atomic mass is 9.88. The van der Waals surface area contributed by atoms with Gasteiger partial charge in [-0.1, -0.05) is 12.2 Å². The second-order valence-corrected chi connectivity index (χ2v) is 7.40. The molecule has 3 aliphatic heterocycles. The molecule has 0 aliphatic carbocycles. The minimum absolute atomic E-state index is 0.371. The number of likely N-dealkylation sites (tertiary alicyclic amines) is 2. The fourth-order valence-electron chi connectivity index (χ4n) is 4.30. The van der Waals surface area contributed by atoms with Crippen molar-refractivity contribution in [1.82, 2.24) is 14.7 Å². The maximum absolute atomic E-state index is 12.8. The normalized spacial score (nSPS) is 26.7. The van der Waals surface area contributed by atoms with E-state index in [4.69, 9.17) is 0 Å². The van der Waals surface area contributed by atoms with Gasteiger partial charge in [-0.15, -0.1) is 0 Å². The Morgan fingerprint density at radius 3 is 2.70 bits per heavy atom. The summed E-state index contributed by atoms with van der Waals surface area (Å²) in [5, 5.41) is 0. The van der Waals surface area contributed by atoms with Crippen molar-refractivity contribution in [3.63, 3.8) is 0 Å². The average molecular weight is 317 g/mol. The number of carbonyl (C=O) groups excluding carboxylic acids is 1. The lowest BCUT2D eigenvalue weighted by Crippen LogP contribution is -2.44. The molecule has 23 heavy (non-hydrogen) atoms. The minimum atomic E-state index is 0.371. The van der Waals surface area contributed by atoms with E-state index in [1.807, 2.05) is 0 Å². The Kier molecular flexibility index (Phi) is 5.42. The van der Waals surface area contributed by atoms with Gasteiger partial charge in [0.15, 0.2) is 0 Å². The quantitative estimate of drug-likeness (QED) is 0.797. The van der Waals surface area contributed by atoms with Gasteiger partial charge < -0.3 is 14.7 Å². The molecule has 3 heterocycles. The first kappa shape index (κ1) is 16.6. The number of rotatable bonds is 4. The van der Waals surface area contributed by atoms with E-state index in [1.165, 1.54) is 44.5 Å². The summed E-state index contributed by atoms with van der Waals surface area (Å²) >= 11 is 0. The number of amides is 1. The van der Waals surface area contributed by atoms with Crippen molar-refractivity contribution >= 4 is 5.91 Å². The number of piperidine rings is 1. The summed E-state index contributed by atoms with van der Waals surface area (Å²) in [5.41, 5.74) is 1.29. The summed E-state index contributed by atoms with van der Waals surface area (Å²) in [4.78, 5) is 19.6.